The van der Waals surface area contributed by atoms with Crippen LogP contribution in [0.4, 0.5) is 0 Å². The molecule has 0 aliphatic heterocycles. The van der Waals surface area contributed by atoms with E-state index in [0.29, 0.717) is 0 Å². The Kier molecular flexibility index (Phi) is 3.36. The molecule has 0 aromatic heterocycles. The van der Waals surface area contributed by atoms with Crippen LogP contribution in [0.2, 0.25) is 5.02 Å². The first-order valence-electron chi connectivity index (χ1n) is 4.21. The molecule has 0 spiro atoms. The second kappa shape index (κ2) is 4.33. The van der Waals surface area contributed by atoms with Gasteiger partial charge in [0, 0.05) is 0 Å². The van der Waals surface area contributed by atoms with Crippen LogP contribution in [0.5, 0.6) is 5.75 Å². The average molecular weight is 215 g/mol. The lowest BCUT2D eigenvalue weighted by Gasteiger charge is -2.09. The van der Waals surface area contributed by atoms with E-state index in [1.165, 1.54) is 12.1 Å². The quantitative estimate of drug-likeness (QED) is 0.770. The van der Waals surface area contributed by atoms with Gasteiger partial charge in [-0.15, -0.1) is 0 Å². The molecule has 1 aromatic carbocycles. The minimum Gasteiger partial charge on any atom is -0.505 e. The molecule has 4 heteroatoms. The van der Waals surface area contributed by atoms with E-state index in [0.717, 1.165) is 0 Å². The Labute approximate surface area is 87.3 Å². The standard InChI is InChI=1S/C10H11ClO3/c1-6(2)14-10(13)7-4-3-5-8(11)9(7)12/h3-6,12H,1-2H3. The van der Waals surface area contributed by atoms with Crippen molar-refractivity contribution in [2.24, 2.45) is 0 Å². The number of ether oxygens (including phenoxy) is 1. The minimum absolute atomic E-state index is 0.0891. The molecule has 0 heterocycles. The number of rotatable bonds is 2. The van der Waals surface area contributed by atoms with Crippen molar-refractivity contribution < 1.29 is 14.6 Å². The molecular formula is C10H11ClO3. The van der Waals surface area contributed by atoms with Crippen molar-refractivity contribution in [2.75, 3.05) is 0 Å². The van der Waals surface area contributed by atoms with Gasteiger partial charge in [0.15, 0.2) is 0 Å². The molecule has 0 fully saturated rings. The summed E-state index contributed by atoms with van der Waals surface area (Å²) in [6.07, 6.45) is -0.221. The fourth-order valence-corrected chi connectivity index (χ4v) is 1.13. The number of esters is 1. The molecule has 0 saturated heterocycles. The van der Waals surface area contributed by atoms with Crippen molar-refractivity contribution in [3.8, 4) is 5.75 Å². The zero-order chi connectivity index (χ0) is 10.7. The second-order valence-corrected chi connectivity index (χ2v) is 3.50. The first kappa shape index (κ1) is 10.9. The van der Waals surface area contributed by atoms with Gasteiger partial charge >= 0.3 is 5.97 Å². The summed E-state index contributed by atoms with van der Waals surface area (Å²) < 4.78 is 4.91. The Morgan fingerprint density at radius 3 is 2.71 bits per heavy atom. The van der Waals surface area contributed by atoms with Gasteiger partial charge in [0.05, 0.1) is 11.1 Å². The van der Waals surface area contributed by atoms with Gasteiger partial charge in [-0.1, -0.05) is 17.7 Å². The lowest BCUT2D eigenvalue weighted by atomic mass is 10.2. The van der Waals surface area contributed by atoms with E-state index in [1.54, 1.807) is 19.9 Å². The third-order valence-electron chi connectivity index (χ3n) is 1.55. The van der Waals surface area contributed by atoms with Crippen molar-refractivity contribution in [1.82, 2.24) is 0 Å². The fraction of sp³-hybridized carbons (Fsp3) is 0.300. The van der Waals surface area contributed by atoms with Gasteiger partial charge in [-0.2, -0.15) is 0 Å². The van der Waals surface area contributed by atoms with Crippen molar-refractivity contribution in [3.63, 3.8) is 0 Å². The van der Waals surface area contributed by atoms with Crippen LogP contribution in [0, 0.1) is 0 Å². The monoisotopic (exact) mass is 214 g/mol. The maximum atomic E-state index is 11.4. The molecule has 0 radical (unpaired) electrons. The summed E-state index contributed by atoms with van der Waals surface area (Å²) in [5.41, 5.74) is 0.0891. The van der Waals surface area contributed by atoms with E-state index >= 15 is 0 Å². The number of carbonyl (C=O) groups excluding carboxylic acids is 1. The molecule has 0 aliphatic rings. The van der Waals surface area contributed by atoms with E-state index in [2.05, 4.69) is 0 Å². The number of carbonyl (C=O) groups is 1. The van der Waals surface area contributed by atoms with E-state index in [4.69, 9.17) is 16.3 Å². The molecule has 1 N–H and O–H groups in total. The highest BCUT2D eigenvalue weighted by Crippen LogP contribution is 2.27. The van der Waals surface area contributed by atoms with Gasteiger partial charge in [0.2, 0.25) is 0 Å². The van der Waals surface area contributed by atoms with Gasteiger partial charge in [0.1, 0.15) is 11.3 Å². The number of phenols is 1. The topological polar surface area (TPSA) is 46.5 Å². The van der Waals surface area contributed by atoms with Crippen LogP contribution in [-0.4, -0.2) is 17.2 Å². The smallest absolute Gasteiger partial charge is 0.342 e. The van der Waals surface area contributed by atoms with E-state index in [9.17, 15) is 9.90 Å². The Bertz CT molecular complexity index is 347. The van der Waals surface area contributed by atoms with Crippen LogP contribution in [0.15, 0.2) is 18.2 Å². The SMILES string of the molecule is CC(C)OC(=O)c1cccc(Cl)c1O. The summed E-state index contributed by atoms with van der Waals surface area (Å²) in [7, 11) is 0. The highest BCUT2D eigenvalue weighted by molar-refractivity contribution is 6.32. The molecule has 0 unspecified atom stereocenters. The Hall–Kier alpha value is -1.22. The normalized spacial score (nSPS) is 10.3. The van der Waals surface area contributed by atoms with Crippen LogP contribution < -0.4 is 0 Å². The van der Waals surface area contributed by atoms with Crippen LogP contribution in [0.3, 0.4) is 0 Å². The van der Waals surface area contributed by atoms with Gasteiger partial charge in [0.25, 0.3) is 0 Å². The van der Waals surface area contributed by atoms with Crippen molar-refractivity contribution in [3.05, 3.63) is 28.8 Å². The molecule has 0 bridgehead atoms. The van der Waals surface area contributed by atoms with Gasteiger partial charge in [-0.3, -0.25) is 0 Å². The van der Waals surface area contributed by atoms with Crippen LogP contribution in [-0.2, 0) is 4.74 Å². The number of aromatic hydroxyl groups is 1. The second-order valence-electron chi connectivity index (χ2n) is 3.09. The van der Waals surface area contributed by atoms with Gasteiger partial charge in [-0.25, -0.2) is 4.79 Å². The number of hydrogen-bond acceptors (Lipinski definition) is 3. The molecule has 3 nitrogen and oxygen atoms in total. The molecule has 1 aromatic rings. The molecule has 0 amide bonds. The molecule has 14 heavy (non-hydrogen) atoms. The first-order valence-corrected chi connectivity index (χ1v) is 4.58. The molecular weight excluding hydrogens is 204 g/mol. The van der Waals surface area contributed by atoms with Crippen molar-refractivity contribution in [2.45, 2.75) is 20.0 Å². The summed E-state index contributed by atoms with van der Waals surface area (Å²) >= 11 is 5.64. The largest absolute Gasteiger partial charge is 0.505 e. The maximum absolute atomic E-state index is 11.4. The zero-order valence-electron chi connectivity index (χ0n) is 7.95. The molecule has 0 aliphatic carbocycles. The van der Waals surface area contributed by atoms with E-state index < -0.39 is 5.97 Å². The Morgan fingerprint density at radius 1 is 1.50 bits per heavy atom. The number of benzene rings is 1. The molecule has 0 saturated carbocycles. The lowest BCUT2D eigenvalue weighted by Crippen LogP contribution is -2.11. The average Bonchev–Trinajstić information content (AvgIpc) is 2.08. The summed E-state index contributed by atoms with van der Waals surface area (Å²) in [4.78, 5) is 11.4. The Balaban J connectivity index is 2.96. The maximum Gasteiger partial charge on any atom is 0.342 e. The molecule has 0 atom stereocenters. The highest BCUT2D eigenvalue weighted by Gasteiger charge is 2.15. The predicted molar refractivity (Wildman–Crippen MR) is 53.7 cm³/mol. The first-order chi connectivity index (χ1) is 6.52. The van der Waals surface area contributed by atoms with Gasteiger partial charge < -0.3 is 9.84 Å². The summed E-state index contributed by atoms with van der Waals surface area (Å²) in [6.45, 7) is 3.47. The molecule has 76 valence electrons. The summed E-state index contributed by atoms with van der Waals surface area (Å²) in [6, 6.07) is 4.55. The highest BCUT2D eigenvalue weighted by atomic mass is 35.5. The van der Waals surface area contributed by atoms with Crippen LogP contribution in [0.1, 0.15) is 24.2 Å². The van der Waals surface area contributed by atoms with Crippen molar-refractivity contribution >= 4 is 17.6 Å². The number of halogens is 1. The number of para-hydroxylation sites is 1. The third-order valence-corrected chi connectivity index (χ3v) is 1.85. The number of phenolic OH excluding ortho intramolecular Hbond substituents is 1. The van der Waals surface area contributed by atoms with E-state index in [1.807, 2.05) is 0 Å². The lowest BCUT2D eigenvalue weighted by molar-refractivity contribution is 0.0375. The third kappa shape index (κ3) is 2.39. The van der Waals surface area contributed by atoms with Crippen LogP contribution >= 0.6 is 11.6 Å². The number of hydrogen-bond donors (Lipinski definition) is 1. The summed E-state index contributed by atoms with van der Waals surface area (Å²) in [5.74, 6) is -0.806. The summed E-state index contributed by atoms with van der Waals surface area (Å²) in [5, 5.41) is 9.59. The Morgan fingerprint density at radius 2 is 2.14 bits per heavy atom. The minimum atomic E-state index is -0.569. The van der Waals surface area contributed by atoms with Crippen LogP contribution in [0.25, 0.3) is 0 Å². The van der Waals surface area contributed by atoms with E-state index in [-0.39, 0.29) is 22.4 Å². The molecule has 1 rings (SSSR count). The van der Waals surface area contributed by atoms with Crippen molar-refractivity contribution in [1.29, 1.82) is 0 Å². The van der Waals surface area contributed by atoms with Gasteiger partial charge in [-0.05, 0) is 26.0 Å². The fourth-order valence-electron chi connectivity index (χ4n) is 0.958. The zero-order valence-corrected chi connectivity index (χ0v) is 8.71. The predicted octanol–water partition coefficient (Wildman–Crippen LogP) is 2.61.